The van der Waals surface area contributed by atoms with Gasteiger partial charge in [0.1, 0.15) is 12.7 Å². The largest absolute Gasteiger partial charge is 0.457 e. The van der Waals surface area contributed by atoms with Crippen LogP contribution in [0.5, 0.6) is 6.01 Å². The van der Waals surface area contributed by atoms with E-state index in [1.54, 1.807) is 18.5 Å². The molecule has 0 aliphatic rings. The molecule has 0 fully saturated rings. The molecule has 3 atom stereocenters. The SMILES string of the molecule is CCCCCCCCCCCCCCCCCCOCC(CS(=O)CCS(=O)CCOCC[n+]1ccccc1)Oc1ncccn1. The summed E-state index contributed by atoms with van der Waals surface area (Å²) in [5.74, 6) is 1.45. The first-order valence-corrected chi connectivity index (χ1v) is 20.9. The molecule has 0 spiro atoms. The standard InChI is InChI=1S/C36H62N3O5S2/c1-2-3-4-5-6-7-8-9-10-11-12-13-14-15-16-20-27-43-33-35(44-36-37-22-21-23-38-36)34-46(41)32-31-45(40)30-29-42-28-26-39-24-18-17-19-25-39/h17-19,21-25,35H,2-16,20,26-34H2,1H3/q+1. The minimum atomic E-state index is -1.20. The average Bonchev–Trinajstić information content (AvgIpc) is 3.07. The van der Waals surface area contributed by atoms with Crippen molar-refractivity contribution in [2.45, 2.75) is 122 Å². The van der Waals surface area contributed by atoms with E-state index in [1.807, 2.05) is 35.2 Å². The molecule has 0 aliphatic heterocycles. The van der Waals surface area contributed by atoms with E-state index in [9.17, 15) is 8.42 Å². The number of nitrogens with zero attached hydrogens (tertiary/aromatic N) is 3. The Morgan fingerprint density at radius 2 is 1.20 bits per heavy atom. The Morgan fingerprint density at radius 1 is 0.630 bits per heavy atom. The van der Waals surface area contributed by atoms with Gasteiger partial charge in [0.15, 0.2) is 18.9 Å². The number of aromatic nitrogens is 3. The first-order chi connectivity index (χ1) is 22.7. The second kappa shape index (κ2) is 29.4. The summed E-state index contributed by atoms with van der Waals surface area (Å²) in [6.07, 6.45) is 28.2. The molecule has 3 unspecified atom stereocenters. The number of hydrogen-bond acceptors (Lipinski definition) is 7. The summed E-state index contributed by atoms with van der Waals surface area (Å²) in [6.45, 7) is 5.02. The fourth-order valence-corrected chi connectivity index (χ4v) is 7.91. The van der Waals surface area contributed by atoms with Crippen molar-refractivity contribution in [1.29, 1.82) is 0 Å². The fraction of sp³-hybridized carbons (Fsp3) is 0.750. The predicted octanol–water partition coefficient (Wildman–Crippen LogP) is 7.00. The van der Waals surface area contributed by atoms with Crippen LogP contribution in [-0.4, -0.2) is 73.9 Å². The topological polar surface area (TPSA) is 91.5 Å². The molecule has 0 aliphatic carbocycles. The zero-order valence-electron chi connectivity index (χ0n) is 28.6. The van der Waals surface area contributed by atoms with Gasteiger partial charge in [-0.2, -0.15) is 0 Å². The molecule has 0 aromatic carbocycles. The zero-order chi connectivity index (χ0) is 32.8. The van der Waals surface area contributed by atoms with Crippen molar-refractivity contribution < 1.29 is 27.2 Å². The lowest BCUT2D eigenvalue weighted by Crippen LogP contribution is -2.35. The molecule has 262 valence electrons. The Bertz CT molecular complexity index is 1000. The van der Waals surface area contributed by atoms with Gasteiger partial charge in [-0.1, -0.05) is 109 Å². The molecular weight excluding hydrogens is 619 g/mol. The maximum Gasteiger partial charge on any atom is 0.316 e. The highest BCUT2D eigenvalue weighted by atomic mass is 32.2. The van der Waals surface area contributed by atoms with Crippen LogP contribution >= 0.6 is 0 Å². The summed E-state index contributed by atoms with van der Waals surface area (Å²) in [7, 11) is -2.28. The molecule has 46 heavy (non-hydrogen) atoms. The lowest BCUT2D eigenvalue weighted by Gasteiger charge is -2.17. The van der Waals surface area contributed by atoms with Gasteiger partial charge in [0.2, 0.25) is 0 Å². The van der Waals surface area contributed by atoms with E-state index >= 15 is 0 Å². The molecule has 2 aromatic rings. The molecule has 0 saturated heterocycles. The number of pyridine rings is 1. The molecule has 0 N–H and O–H groups in total. The summed E-state index contributed by atoms with van der Waals surface area (Å²) < 4.78 is 44.8. The fourth-order valence-electron chi connectivity index (χ4n) is 5.16. The van der Waals surface area contributed by atoms with Crippen molar-refractivity contribution in [3.8, 4) is 6.01 Å². The highest BCUT2D eigenvalue weighted by Crippen LogP contribution is 2.14. The quantitative estimate of drug-likeness (QED) is 0.0607. The van der Waals surface area contributed by atoms with Crippen LogP contribution in [0.25, 0.3) is 0 Å². The first kappa shape index (κ1) is 40.4. The van der Waals surface area contributed by atoms with Gasteiger partial charge < -0.3 is 14.2 Å². The monoisotopic (exact) mass is 680 g/mol. The smallest absolute Gasteiger partial charge is 0.316 e. The Hall–Kier alpha value is -1.75. The Morgan fingerprint density at radius 3 is 1.80 bits per heavy atom. The third-order valence-corrected chi connectivity index (χ3v) is 10.8. The van der Waals surface area contributed by atoms with Gasteiger partial charge in [0, 0.05) is 70.0 Å². The lowest BCUT2D eigenvalue weighted by molar-refractivity contribution is -0.698. The van der Waals surface area contributed by atoms with Crippen molar-refractivity contribution in [1.82, 2.24) is 9.97 Å². The minimum absolute atomic E-state index is 0.255. The van der Waals surface area contributed by atoms with Crippen LogP contribution in [0.3, 0.4) is 0 Å². The van der Waals surface area contributed by atoms with Gasteiger partial charge in [-0.05, 0) is 12.5 Å². The maximum absolute atomic E-state index is 12.8. The summed E-state index contributed by atoms with van der Waals surface area (Å²) in [4.78, 5) is 8.29. The van der Waals surface area contributed by atoms with E-state index in [0.29, 0.717) is 49.4 Å². The van der Waals surface area contributed by atoms with E-state index < -0.39 is 27.7 Å². The van der Waals surface area contributed by atoms with Gasteiger partial charge in [-0.25, -0.2) is 14.5 Å². The second-order valence-electron chi connectivity index (χ2n) is 12.0. The molecule has 2 aromatic heterocycles. The molecule has 0 bridgehead atoms. The molecule has 2 rings (SSSR count). The van der Waals surface area contributed by atoms with Gasteiger partial charge >= 0.3 is 6.01 Å². The van der Waals surface area contributed by atoms with E-state index in [4.69, 9.17) is 14.2 Å². The first-order valence-electron chi connectivity index (χ1n) is 17.9. The van der Waals surface area contributed by atoms with Crippen molar-refractivity contribution in [3.05, 3.63) is 49.1 Å². The summed E-state index contributed by atoms with van der Waals surface area (Å²) in [5, 5.41) is 0. The number of ether oxygens (including phenoxy) is 3. The summed E-state index contributed by atoms with van der Waals surface area (Å²) in [6, 6.07) is 7.92. The van der Waals surface area contributed by atoms with E-state index in [2.05, 4.69) is 16.9 Å². The minimum Gasteiger partial charge on any atom is -0.457 e. The van der Waals surface area contributed by atoms with Crippen LogP contribution < -0.4 is 9.30 Å². The van der Waals surface area contributed by atoms with Crippen LogP contribution in [0.1, 0.15) is 110 Å². The highest BCUT2D eigenvalue weighted by Gasteiger charge is 2.17. The Labute approximate surface area is 284 Å². The number of hydrogen-bond donors (Lipinski definition) is 0. The third kappa shape index (κ3) is 23.6. The molecule has 2 heterocycles. The molecular formula is C36H62N3O5S2+. The van der Waals surface area contributed by atoms with Crippen LogP contribution in [0.15, 0.2) is 49.1 Å². The van der Waals surface area contributed by atoms with Crippen molar-refractivity contribution in [3.63, 3.8) is 0 Å². The molecule has 0 radical (unpaired) electrons. The third-order valence-electron chi connectivity index (χ3n) is 7.90. The maximum atomic E-state index is 12.8. The lowest BCUT2D eigenvalue weighted by atomic mass is 10.0. The number of unbranched alkanes of at least 4 members (excludes halogenated alkanes) is 15. The summed E-state index contributed by atoms with van der Waals surface area (Å²) >= 11 is 0. The Balaban J connectivity index is 1.49. The van der Waals surface area contributed by atoms with Gasteiger partial charge in [-0.15, -0.1) is 0 Å². The van der Waals surface area contributed by atoms with Crippen LogP contribution in [0.4, 0.5) is 0 Å². The van der Waals surface area contributed by atoms with Crippen molar-refractivity contribution >= 4 is 21.6 Å². The normalized spacial score (nSPS) is 13.4. The molecule has 8 nitrogen and oxygen atoms in total. The van der Waals surface area contributed by atoms with Gasteiger partial charge in [0.05, 0.1) is 19.0 Å². The second-order valence-corrected chi connectivity index (χ2v) is 15.4. The van der Waals surface area contributed by atoms with Crippen LogP contribution in [-0.2, 0) is 37.6 Å². The van der Waals surface area contributed by atoms with Gasteiger partial charge in [0.25, 0.3) is 0 Å². The number of rotatable bonds is 32. The van der Waals surface area contributed by atoms with E-state index in [0.717, 1.165) is 19.4 Å². The van der Waals surface area contributed by atoms with Gasteiger partial charge in [-0.3, -0.25) is 8.42 Å². The highest BCUT2D eigenvalue weighted by molar-refractivity contribution is 7.88. The van der Waals surface area contributed by atoms with Crippen LogP contribution in [0, 0.1) is 0 Å². The van der Waals surface area contributed by atoms with Crippen LogP contribution in [0.2, 0.25) is 0 Å². The van der Waals surface area contributed by atoms with Crippen molar-refractivity contribution in [2.75, 3.05) is 49.4 Å². The zero-order valence-corrected chi connectivity index (χ0v) is 30.2. The predicted molar refractivity (Wildman–Crippen MR) is 190 cm³/mol. The summed E-state index contributed by atoms with van der Waals surface area (Å²) in [5.41, 5.74) is 0. The van der Waals surface area contributed by atoms with E-state index in [-0.39, 0.29) is 6.01 Å². The average molecular weight is 681 g/mol. The van der Waals surface area contributed by atoms with E-state index in [1.165, 1.54) is 89.9 Å². The van der Waals surface area contributed by atoms with Crippen molar-refractivity contribution in [2.24, 2.45) is 0 Å². The molecule has 10 heteroatoms. The molecule has 0 saturated carbocycles. The Kier molecular flexibility index (Phi) is 25.8. The molecule has 0 amide bonds.